The number of amides is 3. The van der Waals surface area contributed by atoms with E-state index in [0.29, 0.717) is 50.0 Å². The number of aliphatic hydroxyl groups is 1. The van der Waals surface area contributed by atoms with Crippen molar-refractivity contribution in [3.05, 3.63) is 35.9 Å². The molecule has 3 amide bonds. The van der Waals surface area contributed by atoms with Gasteiger partial charge in [0.2, 0.25) is 0 Å². The van der Waals surface area contributed by atoms with E-state index in [9.17, 15) is 27.9 Å². The number of urea groups is 1. The molecule has 3 atom stereocenters. The highest BCUT2D eigenvalue weighted by Crippen LogP contribution is 2.34. The minimum atomic E-state index is -4.26. The molecule has 1 aromatic carbocycles. The van der Waals surface area contributed by atoms with E-state index < -0.39 is 42.8 Å². The average molecular weight is 593 g/mol. The van der Waals surface area contributed by atoms with Crippen molar-refractivity contribution in [1.82, 2.24) is 15.2 Å². The van der Waals surface area contributed by atoms with E-state index in [1.165, 1.54) is 4.90 Å². The molecule has 4 N–H and O–H groups in total. The lowest BCUT2D eigenvalue weighted by Crippen LogP contribution is -2.42. The number of anilines is 3. The largest absolute Gasteiger partial charge is 0.465 e. The predicted molar refractivity (Wildman–Crippen MR) is 150 cm³/mol. The van der Waals surface area contributed by atoms with Crippen LogP contribution in [0.1, 0.15) is 18.4 Å². The zero-order valence-corrected chi connectivity index (χ0v) is 23.2. The minimum Gasteiger partial charge on any atom is -0.465 e. The van der Waals surface area contributed by atoms with E-state index >= 15 is 0 Å². The number of hydrogen-bond acceptors (Lipinski definition) is 7. The molecule has 2 aromatic rings. The van der Waals surface area contributed by atoms with Gasteiger partial charge in [-0.05, 0) is 60.2 Å². The van der Waals surface area contributed by atoms with Crippen LogP contribution in [-0.2, 0) is 4.74 Å². The summed E-state index contributed by atoms with van der Waals surface area (Å²) in [5.41, 5.74) is 3.07. The number of ether oxygens (including phenoxy) is 1. The highest BCUT2D eigenvalue weighted by atomic mass is 19.4. The predicted octanol–water partition coefficient (Wildman–Crippen LogP) is 3.52. The second-order valence-corrected chi connectivity index (χ2v) is 11.1. The number of alkyl halides is 3. The molecule has 4 heterocycles. The highest BCUT2D eigenvalue weighted by Gasteiger charge is 2.37. The number of aryl methyl sites for hydroxylation is 1. The van der Waals surface area contributed by atoms with Gasteiger partial charge in [-0.3, -0.25) is 0 Å². The van der Waals surface area contributed by atoms with Crippen molar-refractivity contribution in [2.45, 2.75) is 38.1 Å². The standard InChI is InChI=1S/C28H35F3N6O5/c1-17-2-3-20(32-26(39)36-5-4-18(14-36)13-28(29,30)31)12-21(17)19-10-24(35-6-8-42-9-7-35)34-25(11-19)37-15-22(23(38)16-37)33-27(40)41/h2-3,10-12,18,22-23,33,38H,4-9,13-16H2,1H3,(H,32,39)(H,40,41)/t18?,22-,23-/m0/s1. The van der Waals surface area contributed by atoms with Gasteiger partial charge in [0.05, 0.1) is 25.4 Å². The molecule has 228 valence electrons. The van der Waals surface area contributed by atoms with Gasteiger partial charge in [0.1, 0.15) is 11.6 Å². The number of nitrogens with zero attached hydrogens (tertiary/aromatic N) is 4. The third-order valence-electron chi connectivity index (χ3n) is 7.95. The van der Waals surface area contributed by atoms with Crippen molar-refractivity contribution in [3.8, 4) is 11.1 Å². The van der Waals surface area contributed by atoms with Crippen LogP contribution < -0.4 is 20.4 Å². The van der Waals surface area contributed by atoms with Crippen molar-refractivity contribution >= 4 is 29.4 Å². The number of hydrogen-bond donors (Lipinski definition) is 4. The smallest absolute Gasteiger partial charge is 0.405 e. The van der Waals surface area contributed by atoms with Crippen LogP contribution in [-0.4, -0.2) is 103 Å². The van der Waals surface area contributed by atoms with E-state index in [1.54, 1.807) is 6.07 Å². The Labute approximate surface area is 241 Å². The quantitative estimate of drug-likeness (QED) is 0.401. The molecule has 5 rings (SSSR count). The number of aromatic nitrogens is 1. The summed E-state index contributed by atoms with van der Waals surface area (Å²) in [6, 6.07) is 8.15. The Morgan fingerprint density at radius 1 is 1.05 bits per heavy atom. The fourth-order valence-electron chi connectivity index (χ4n) is 5.77. The summed E-state index contributed by atoms with van der Waals surface area (Å²) in [5, 5.41) is 24.8. The fourth-order valence-corrected chi connectivity index (χ4v) is 5.77. The van der Waals surface area contributed by atoms with Crippen molar-refractivity contribution in [2.75, 3.05) is 67.6 Å². The molecule has 0 radical (unpaired) electrons. The molecule has 0 saturated carbocycles. The molecule has 14 heteroatoms. The molecule has 0 aliphatic carbocycles. The summed E-state index contributed by atoms with van der Waals surface area (Å²) < 4.78 is 43.9. The van der Waals surface area contributed by atoms with Gasteiger partial charge in [-0.2, -0.15) is 13.2 Å². The van der Waals surface area contributed by atoms with E-state index in [4.69, 9.17) is 14.8 Å². The number of halogens is 3. The second kappa shape index (κ2) is 12.2. The third-order valence-corrected chi connectivity index (χ3v) is 7.95. The molecule has 0 bridgehead atoms. The van der Waals surface area contributed by atoms with Crippen molar-refractivity contribution in [3.63, 3.8) is 0 Å². The van der Waals surface area contributed by atoms with Gasteiger partial charge in [-0.15, -0.1) is 0 Å². The highest BCUT2D eigenvalue weighted by molar-refractivity contribution is 5.91. The molecular formula is C28H35F3N6O5. The number of likely N-dealkylation sites (tertiary alicyclic amines) is 1. The van der Waals surface area contributed by atoms with Crippen LogP contribution in [0.2, 0.25) is 0 Å². The second-order valence-electron chi connectivity index (χ2n) is 11.1. The maximum atomic E-state index is 12.9. The summed E-state index contributed by atoms with van der Waals surface area (Å²) in [7, 11) is 0. The molecule has 3 fully saturated rings. The average Bonchev–Trinajstić information content (AvgIpc) is 3.55. The SMILES string of the molecule is Cc1ccc(NC(=O)N2CCC(CC(F)(F)F)C2)cc1-c1cc(N2CCOCC2)nc(N2C[C@H](NC(=O)O)[C@@H](O)C2)c1. The molecule has 1 aromatic heterocycles. The lowest BCUT2D eigenvalue weighted by atomic mass is 10.00. The first-order valence-electron chi connectivity index (χ1n) is 14.0. The molecule has 3 aliphatic heterocycles. The number of benzene rings is 1. The topological polar surface area (TPSA) is 130 Å². The maximum absolute atomic E-state index is 12.9. The lowest BCUT2D eigenvalue weighted by Gasteiger charge is -2.29. The molecule has 11 nitrogen and oxygen atoms in total. The van der Waals surface area contributed by atoms with Crippen molar-refractivity contribution in [1.29, 1.82) is 0 Å². The van der Waals surface area contributed by atoms with Crippen LogP contribution in [0.3, 0.4) is 0 Å². The Morgan fingerprint density at radius 2 is 1.76 bits per heavy atom. The molecule has 42 heavy (non-hydrogen) atoms. The summed E-state index contributed by atoms with van der Waals surface area (Å²) in [6.07, 6.45) is -6.96. The number of carboxylic acid groups (broad SMARTS) is 1. The first kappa shape index (κ1) is 29.7. The van der Waals surface area contributed by atoms with Crippen molar-refractivity contribution in [2.24, 2.45) is 5.92 Å². The third kappa shape index (κ3) is 7.16. The van der Waals surface area contributed by atoms with Crippen LogP contribution in [0.25, 0.3) is 11.1 Å². The number of pyridine rings is 1. The number of β-amino-alcohol motifs (C(OH)–C–C–N with tert-alkyl or cyclic N) is 1. The molecular weight excluding hydrogens is 557 g/mol. The van der Waals surface area contributed by atoms with Gasteiger partial charge >= 0.3 is 18.3 Å². The summed E-state index contributed by atoms with van der Waals surface area (Å²) in [6.45, 7) is 5.08. The number of carbonyl (C=O) groups is 2. The normalized spacial score (nSPS) is 22.9. The lowest BCUT2D eigenvalue weighted by molar-refractivity contribution is -0.143. The molecule has 0 spiro atoms. The van der Waals surface area contributed by atoms with Crippen LogP contribution >= 0.6 is 0 Å². The van der Waals surface area contributed by atoms with Gasteiger partial charge in [0, 0.05) is 51.4 Å². The first-order chi connectivity index (χ1) is 19.9. The van der Waals surface area contributed by atoms with Gasteiger partial charge in [0.15, 0.2) is 0 Å². The number of aliphatic hydroxyl groups excluding tert-OH is 1. The fraction of sp³-hybridized carbons (Fsp3) is 0.536. The van der Waals surface area contributed by atoms with E-state index in [1.807, 2.05) is 36.1 Å². The minimum absolute atomic E-state index is 0.0557. The molecule has 3 aliphatic rings. The first-order valence-corrected chi connectivity index (χ1v) is 14.0. The Bertz CT molecular complexity index is 1310. The van der Waals surface area contributed by atoms with E-state index in [2.05, 4.69) is 15.5 Å². The Kier molecular flexibility index (Phi) is 8.64. The van der Waals surface area contributed by atoms with E-state index in [0.717, 1.165) is 16.7 Å². The number of carbonyl (C=O) groups excluding carboxylic acids is 1. The van der Waals surface area contributed by atoms with Gasteiger partial charge in [-0.25, -0.2) is 14.6 Å². The van der Waals surface area contributed by atoms with Crippen LogP contribution in [0.4, 0.5) is 40.1 Å². The van der Waals surface area contributed by atoms with Gasteiger partial charge in [-0.1, -0.05) is 6.07 Å². The van der Waals surface area contributed by atoms with Gasteiger partial charge < -0.3 is 40.3 Å². The van der Waals surface area contributed by atoms with Crippen LogP contribution in [0.15, 0.2) is 30.3 Å². The Balaban J connectivity index is 1.40. The van der Waals surface area contributed by atoms with Crippen molar-refractivity contribution < 1.29 is 37.7 Å². The zero-order chi connectivity index (χ0) is 30.0. The number of nitrogens with one attached hydrogen (secondary N) is 2. The Morgan fingerprint density at radius 3 is 2.45 bits per heavy atom. The number of rotatable bonds is 6. The Hall–Kier alpha value is -3.78. The number of morpholine rings is 1. The zero-order valence-electron chi connectivity index (χ0n) is 23.2. The monoisotopic (exact) mass is 592 g/mol. The molecule has 3 saturated heterocycles. The maximum Gasteiger partial charge on any atom is 0.405 e. The van der Waals surface area contributed by atoms with Gasteiger partial charge in [0.25, 0.3) is 0 Å². The summed E-state index contributed by atoms with van der Waals surface area (Å²) in [5.74, 6) is 0.675. The summed E-state index contributed by atoms with van der Waals surface area (Å²) >= 11 is 0. The van der Waals surface area contributed by atoms with Crippen LogP contribution in [0, 0.1) is 12.8 Å². The van der Waals surface area contributed by atoms with Crippen LogP contribution in [0.5, 0.6) is 0 Å². The summed E-state index contributed by atoms with van der Waals surface area (Å²) in [4.78, 5) is 34.3. The van der Waals surface area contributed by atoms with E-state index in [-0.39, 0.29) is 26.2 Å². The molecule has 1 unspecified atom stereocenters.